The molecule has 1 atom stereocenters. The summed E-state index contributed by atoms with van der Waals surface area (Å²) >= 11 is 1.71. The molecule has 0 aliphatic heterocycles. The molecule has 0 spiro atoms. The van der Waals surface area contributed by atoms with Crippen LogP contribution in [-0.4, -0.2) is 16.5 Å². The quantitative estimate of drug-likeness (QED) is 0.841. The van der Waals surface area contributed by atoms with Crippen LogP contribution in [0.2, 0.25) is 0 Å². The van der Waals surface area contributed by atoms with E-state index < -0.39 is 0 Å². The average molecular weight is 276 g/mol. The highest BCUT2D eigenvalue weighted by Gasteiger charge is 2.08. The minimum atomic E-state index is 0.250. The molecular formula is C14H20N4S. The molecule has 0 saturated carbocycles. The highest BCUT2D eigenvalue weighted by atomic mass is 32.1. The maximum atomic E-state index is 4.49. The molecule has 0 radical (unpaired) electrons. The molecule has 19 heavy (non-hydrogen) atoms. The third-order valence-electron chi connectivity index (χ3n) is 2.79. The van der Waals surface area contributed by atoms with Crippen LogP contribution in [0.25, 0.3) is 0 Å². The number of anilines is 2. The van der Waals surface area contributed by atoms with Crippen molar-refractivity contribution in [3.8, 4) is 0 Å². The molecule has 1 unspecified atom stereocenters. The first-order valence-electron chi connectivity index (χ1n) is 6.57. The summed E-state index contributed by atoms with van der Waals surface area (Å²) in [6, 6.07) is 4.35. The summed E-state index contributed by atoms with van der Waals surface area (Å²) in [6.07, 6.45) is 1.06. The molecule has 102 valence electrons. The fraction of sp³-hybridized carbons (Fsp3) is 0.429. The number of nitrogens with one attached hydrogen (secondary N) is 2. The molecule has 2 aromatic rings. The summed E-state index contributed by atoms with van der Waals surface area (Å²) < 4.78 is 0. The molecule has 2 rings (SSSR count). The van der Waals surface area contributed by atoms with Gasteiger partial charge in [-0.15, -0.1) is 0 Å². The second-order valence-corrected chi connectivity index (χ2v) is 5.35. The van der Waals surface area contributed by atoms with Crippen molar-refractivity contribution < 1.29 is 0 Å². The van der Waals surface area contributed by atoms with Crippen LogP contribution in [0.15, 0.2) is 22.9 Å². The number of rotatable bonds is 6. The topological polar surface area (TPSA) is 49.8 Å². The maximum absolute atomic E-state index is 4.49. The highest BCUT2D eigenvalue weighted by Crippen LogP contribution is 2.21. The lowest BCUT2D eigenvalue weighted by Crippen LogP contribution is -2.10. The van der Waals surface area contributed by atoms with E-state index >= 15 is 0 Å². The summed E-state index contributed by atoms with van der Waals surface area (Å²) in [4.78, 5) is 8.87. The smallest absolute Gasteiger partial charge is 0.224 e. The Balaban J connectivity index is 2.09. The average Bonchev–Trinajstić information content (AvgIpc) is 2.89. The number of aryl methyl sites for hydroxylation is 1. The second kappa shape index (κ2) is 6.52. The summed E-state index contributed by atoms with van der Waals surface area (Å²) in [5.74, 6) is 1.56. The fourth-order valence-electron chi connectivity index (χ4n) is 1.78. The Bertz CT molecular complexity index is 510. The predicted octanol–water partition coefficient (Wildman–Crippen LogP) is 3.84. The van der Waals surface area contributed by atoms with Gasteiger partial charge < -0.3 is 10.6 Å². The molecular weight excluding hydrogens is 256 g/mol. The second-order valence-electron chi connectivity index (χ2n) is 4.57. The van der Waals surface area contributed by atoms with Crippen molar-refractivity contribution in [1.82, 2.24) is 9.97 Å². The first kappa shape index (κ1) is 13.8. The summed E-state index contributed by atoms with van der Waals surface area (Å²) in [7, 11) is 0. The molecule has 0 fully saturated rings. The molecule has 5 heteroatoms. The molecule has 2 heterocycles. The summed E-state index contributed by atoms with van der Waals surface area (Å²) in [5, 5.41) is 10.9. The number of aromatic nitrogens is 2. The zero-order valence-corrected chi connectivity index (χ0v) is 12.4. The Kier molecular flexibility index (Phi) is 4.74. The van der Waals surface area contributed by atoms with Gasteiger partial charge in [-0.3, -0.25) is 0 Å². The Hall–Kier alpha value is -1.62. The van der Waals surface area contributed by atoms with Crippen LogP contribution in [0.1, 0.15) is 37.6 Å². The van der Waals surface area contributed by atoms with Gasteiger partial charge in [0.05, 0.1) is 6.04 Å². The third-order valence-corrected chi connectivity index (χ3v) is 3.50. The van der Waals surface area contributed by atoms with E-state index in [1.807, 2.05) is 13.0 Å². The predicted molar refractivity (Wildman–Crippen MR) is 81.9 cm³/mol. The van der Waals surface area contributed by atoms with Crippen molar-refractivity contribution in [2.24, 2.45) is 0 Å². The molecule has 0 aliphatic rings. The standard InChI is InChI=1S/C14H20N4S/c1-4-6-15-14-16-10(2)8-13(18-14)17-11(3)12-5-7-19-9-12/h5,7-9,11H,4,6H2,1-3H3,(H2,15,16,17,18). The Morgan fingerprint density at radius 1 is 1.37 bits per heavy atom. The number of thiophene rings is 1. The number of hydrogen-bond acceptors (Lipinski definition) is 5. The first-order chi connectivity index (χ1) is 9.19. The van der Waals surface area contributed by atoms with Gasteiger partial charge in [-0.25, -0.2) is 4.98 Å². The minimum absolute atomic E-state index is 0.250. The molecule has 0 saturated heterocycles. The highest BCUT2D eigenvalue weighted by molar-refractivity contribution is 7.07. The lowest BCUT2D eigenvalue weighted by molar-refractivity contribution is 0.872. The van der Waals surface area contributed by atoms with E-state index in [1.54, 1.807) is 11.3 Å². The zero-order chi connectivity index (χ0) is 13.7. The third kappa shape index (κ3) is 3.92. The van der Waals surface area contributed by atoms with Gasteiger partial charge in [-0.2, -0.15) is 16.3 Å². The largest absolute Gasteiger partial charge is 0.363 e. The lowest BCUT2D eigenvalue weighted by atomic mass is 10.2. The van der Waals surface area contributed by atoms with E-state index in [0.717, 1.165) is 24.5 Å². The number of hydrogen-bond donors (Lipinski definition) is 2. The van der Waals surface area contributed by atoms with Gasteiger partial charge in [0, 0.05) is 18.3 Å². The van der Waals surface area contributed by atoms with Gasteiger partial charge >= 0.3 is 0 Å². The summed E-state index contributed by atoms with van der Waals surface area (Å²) in [6.45, 7) is 7.14. The van der Waals surface area contributed by atoms with E-state index in [9.17, 15) is 0 Å². The van der Waals surface area contributed by atoms with Crippen LogP contribution < -0.4 is 10.6 Å². The Labute approximate surface area is 118 Å². The van der Waals surface area contributed by atoms with Crippen molar-refractivity contribution in [2.75, 3.05) is 17.2 Å². The fourth-order valence-corrected chi connectivity index (χ4v) is 2.54. The van der Waals surface area contributed by atoms with Gasteiger partial charge in [0.25, 0.3) is 0 Å². The molecule has 2 aromatic heterocycles. The summed E-state index contributed by atoms with van der Waals surface area (Å²) in [5.41, 5.74) is 2.25. The zero-order valence-electron chi connectivity index (χ0n) is 11.6. The molecule has 0 amide bonds. The monoisotopic (exact) mass is 276 g/mol. The van der Waals surface area contributed by atoms with E-state index in [-0.39, 0.29) is 6.04 Å². The van der Waals surface area contributed by atoms with E-state index in [2.05, 4.69) is 51.3 Å². The van der Waals surface area contributed by atoms with Crippen molar-refractivity contribution in [3.05, 3.63) is 34.2 Å². The van der Waals surface area contributed by atoms with Crippen LogP contribution in [0.4, 0.5) is 11.8 Å². The SMILES string of the molecule is CCCNc1nc(C)cc(NC(C)c2ccsc2)n1. The molecule has 2 N–H and O–H groups in total. The van der Waals surface area contributed by atoms with E-state index in [4.69, 9.17) is 0 Å². The van der Waals surface area contributed by atoms with Crippen LogP contribution in [0.5, 0.6) is 0 Å². The Morgan fingerprint density at radius 2 is 2.21 bits per heavy atom. The van der Waals surface area contributed by atoms with Crippen LogP contribution in [0, 0.1) is 6.92 Å². The van der Waals surface area contributed by atoms with Crippen molar-refractivity contribution >= 4 is 23.1 Å². The minimum Gasteiger partial charge on any atom is -0.363 e. The number of nitrogens with zero attached hydrogens (tertiary/aromatic N) is 2. The van der Waals surface area contributed by atoms with Gasteiger partial charge in [0.15, 0.2) is 0 Å². The first-order valence-corrected chi connectivity index (χ1v) is 7.51. The normalized spacial score (nSPS) is 12.2. The van der Waals surface area contributed by atoms with Crippen LogP contribution >= 0.6 is 11.3 Å². The molecule has 0 aliphatic carbocycles. The van der Waals surface area contributed by atoms with Crippen LogP contribution in [-0.2, 0) is 0 Å². The van der Waals surface area contributed by atoms with Gasteiger partial charge in [-0.1, -0.05) is 6.92 Å². The molecule has 4 nitrogen and oxygen atoms in total. The van der Waals surface area contributed by atoms with Crippen molar-refractivity contribution in [2.45, 2.75) is 33.2 Å². The van der Waals surface area contributed by atoms with E-state index in [0.29, 0.717) is 5.95 Å². The molecule has 0 bridgehead atoms. The van der Waals surface area contributed by atoms with Crippen molar-refractivity contribution in [1.29, 1.82) is 0 Å². The lowest BCUT2D eigenvalue weighted by Gasteiger charge is -2.14. The molecule has 0 aromatic carbocycles. The van der Waals surface area contributed by atoms with Gasteiger partial charge in [-0.05, 0) is 42.7 Å². The van der Waals surface area contributed by atoms with Gasteiger partial charge in [0.1, 0.15) is 5.82 Å². The maximum Gasteiger partial charge on any atom is 0.224 e. The van der Waals surface area contributed by atoms with Crippen LogP contribution in [0.3, 0.4) is 0 Å². The Morgan fingerprint density at radius 3 is 2.89 bits per heavy atom. The van der Waals surface area contributed by atoms with Gasteiger partial charge in [0.2, 0.25) is 5.95 Å². The van der Waals surface area contributed by atoms with Crippen molar-refractivity contribution in [3.63, 3.8) is 0 Å². The van der Waals surface area contributed by atoms with E-state index in [1.165, 1.54) is 5.56 Å².